The van der Waals surface area contributed by atoms with E-state index in [1.54, 1.807) is 18.2 Å². The Hall–Kier alpha value is -1.64. The van der Waals surface area contributed by atoms with E-state index >= 15 is 0 Å². The molecule has 1 aliphatic rings. The van der Waals surface area contributed by atoms with Crippen molar-refractivity contribution in [2.24, 2.45) is 5.92 Å². The molecule has 1 amide bonds. The number of hydrogen-bond donors (Lipinski definition) is 1. The van der Waals surface area contributed by atoms with Crippen molar-refractivity contribution in [2.45, 2.75) is 51.9 Å². The van der Waals surface area contributed by atoms with E-state index in [9.17, 15) is 9.59 Å². The van der Waals surface area contributed by atoms with E-state index in [0.717, 1.165) is 5.69 Å². The lowest BCUT2D eigenvalue weighted by Crippen LogP contribution is -2.16. The van der Waals surface area contributed by atoms with E-state index in [2.05, 4.69) is 5.32 Å². The third-order valence-electron chi connectivity index (χ3n) is 4.00. The number of carbonyl (C=O) groups is 2. The lowest BCUT2D eigenvalue weighted by Gasteiger charge is -2.13. The van der Waals surface area contributed by atoms with Crippen LogP contribution in [-0.4, -0.2) is 11.7 Å². The van der Waals surface area contributed by atoms with Crippen molar-refractivity contribution in [3.05, 3.63) is 29.8 Å². The van der Waals surface area contributed by atoms with Crippen LogP contribution in [0.15, 0.2) is 24.3 Å². The van der Waals surface area contributed by atoms with Gasteiger partial charge in [-0.05, 0) is 37.8 Å². The molecule has 0 aliphatic heterocycles. The zero-order valence-corrected chi connectivity index (χ0v) is 12.2. The highest BCUT2D eigenvalue weighted by Crippen LogP contribution is 2.25. The van der Waals surface area contributed by atoms with Gasteiger partial charge in [-0.15, -0.1) is 0 Å². The first kappa shape index (κ1) is 14.8. The Balaban J connectivity index is 1.90. The molecule has 1 fully saturated rings. The van der Waals surface area contributed by atoms with Gasteiger partial charge in [-0.3, -0.25) is 9.59 Å². The number of nitrogens with one attached hydrogen (secondary N) is 1. The summed E-state index contributed by atoms with van der Waals surface area (Å²) >= 11 is 0. The zero-order valence-electron chi connectivity index (χ0n) is 12.2. The Morgan fingerprint density at radius 2 is 1.85 bits per heavy atom. The van der Waals surface area contributed by atoms with Crippen LogP contribution in [-0.2, 0) is 4.79 Å². The summed E-state index contributed by atoms with van der Waals surface area (Å²) in [6, 6.07) is 7.14. The molecule has 1 aromatic rings. The molecule has 0 radical (unpaired) electrons. The van der Waals surface area contributed by atoms with Gasteiger partial charge < -0.3 is 5.32 Å². The second kappa shape index (κ2) is 7.22. The van der Waals surface area contributed by atoms with Gasteiger partial charge in [0.25, 0.3) is 0 Å². The Kier molecular flexibility index (Phi) is 5.33. The SMILES string of the molecule is CC(=O)c1cccc(NC(=O)CC2CCCCCC2)c1. The highest BCUT2D eigenvalue weighted by molar-refractivity contribution is 5.97. The van der Waals surface area contributed by atoms with E-state index in [4.69, 9.17) is 0 Å². The average molecular weight is 273 g/mol. The Morgan fingerprint density at radius 3 is 2.50 bits per heavy atom. The molecule has 3 heteroatoms. The first-order chi connectivity index (χ1) is 9.65. The molecule has 108 valence electrons. The lowest BCUT2D eigenvalue weighted by atomic mass is 9.96. The van der Waals surface area contributed by atoms with Gasteiger partial charge in [0.2, 0.25) is 5.91 Å². The van der Waals surface area contributed by atoms with Gasteiger partial charge in [-0.1, -0.05) is 37.8 Å². The van der Waals surface area contributed by atoms with E-state index in [0.29, 0.717) is 17.9 Å². The largest absolute Gasteiger partial charge is 0.326 e. The quantitative estimate of drug-likeness (QED) is 0.660. The summed E-state index contributed by atoms with van der Waals surface area (Å²) in [5, 5.41) is 2.91. The second-order valence-corrected chi connectivity index (χ2v) is 5.75. The summed E-state index contributed by atoms with van der Waals surface area (Å²) in [5.41, 5.74) is 1.36. The van der Waals surface area contributed by atoms with Crippen molar-refractivity contribution in [2.75, 3.05) is 5.32 Å². The molecule has 0 spiro atoms. The topological polar surface area (TPSA) is 46.2 Å². The number of rotatable bonds is 4. The number of hydrogen-bond acceptors (Lipinski definition) is 2. The minimum Gasteiger partial charge on any atom is -0.326 e. The molecule has 0 unspecified atom stereocenters. The van der Waals surface area contributed by atoms with Gasteiger partial charge >= 0.3 is 0 Å². The molecule has 0 atom stereocenters. The molecule has 1 aliphatic carbocycles. The van der Waals surface area contributed by atoms with Crippen LogP contribution in [0.25, 0.3) is 0 Å². The van der Waals surface area contributed by atoms with Gasteiger partial charge in [0.1, 0.15) is 0 Å². The maximum Gasteiger partial charge on any atom is 0.224 e. The standard InChI is InChI=1S/C17H23NO2/c1-13(19)15-9-6-10-16(12-15)18-17(20)11-14-7-4-2-3-5-8-14/h6,9-10,12,14H,2-5,7-8,11H2,1H3,(H,18,20). The summed E-state index contributed by atoms with van der Waals surface area (Å²) in [5.74, 6) is 0.607. The predicted molar refractivity (Wildman–Crippen MR) is 80.9 cm³/mol. The van der Waals surface area contributed by atoms with Crippen molar-refractivity contribution in [3.8, 4) is 0 Å². The van der Waals surface area contributed by atoms with E-state index in [-0.39, 0.29) is 11.7 Å². The molecule has 20 heavy (non-hydrogen) atoms. The average Bonchev–Trinajstić information content (AvgIpc) is 2.67. The fraction of sp³-hybridized carbons (Fsp3) is 0.529. The Bertz CT molecular complexity index is 474. The van der Waals surface area contributed by atoms with Gasteiger partial charge in [0, 0.05) is 17.7 Å². The first-order valence-electron chi connectivity index (χ1n) is 7.56. The molecule has 1 N–H and O–H groups in total. The number of carbonyl (C=O) groups excluding carboxylic acids is 2. The zero-order chi connectivity index (χ0) is 14.4. The van der Waals surface area contributed by atoms with E-state index < -0.39 is 0 Å². The van der Waals surface area contributed by atoms with Crippen molar-refractivity contribution in [1.29, 1.82) is 0 Å². The number of Topliss-reactive ketones (excluding diaryl/α,β-unsaturated/α-hetero) is 1. The number of ketones is 1. The highest BCUT2D eigenvalue weighted by atomic mass is 16.1. The van der Waals surface area contributed by atoms with Crippen LogP contribution in [0.1, 0.15) is 62.2 Å². The molecule has 1 saturated carbocycles. The summed E-state index contributed by atoms with van der Waals surface area (Å²) in [4.78, 5) is 23.4. The predicted octanol–water partition coefficient (Wildman–Crippen LogP) is 4.19. The first-order valence-corrected chi connectivity index (χ1v) is 7.56. The van der Waals surface area contributed by atoms with Crippen molar-refractivity contribution < 1.29 is 9.59 Å². The van der Waals surface area contributed by atoms with Crippen LogP contribution in [0.2, 0.25) is 0 Å². The fourth-order valence-corrected chi connectivity index (χ4v) is 2.86. The molecule has 2 rings (SSSR count). The monoisotopic (exact) mass is 273 g/mol. The molecule has 3 nitrogen and oxygen atoms in total. The maximum atomic E-state index is 12.1. The molecule has 0 aromatic heterocycles. The van der Waals surface area contributed by atoms with Crippen molar-refractivity contribution in [3.63, 3.8) is 0 Å². The lowest BCUT2D eigenvalue weighted by molar-refractivity contribution is -0.117. The van der Waals surface area contributed by atoms with Crippen LogP contribution >= 0.6 is 0 Å². The van der Waals surface area contributed by atoms with Gasteiger partial charge in [0.15, 0.2) is 5.78 Å². The minimum absolute atomic E-state index is 0.0184. The molecular formula is C17H23NO2. The fourth-order valence-electron chi connectivity index (χ4n) is 2.86. The minimum atomic E-state index is 0.0184. The van der Waals surface area contributed by atoms with E-state index in [1.165, 1.54) is 45.4 Å². The van der Waals surface area contributed by atoms with Crippen LogP contribution < -0.4 is 5.32 Å². The summed E-state index contributed by atoms with van der Waals surface area (Å²) in [6.45, 7) is 1.53. The van der Waals surface area contributed by atoms with Crippen LogP contribution in [0.5, 0.6) is 0 Å². The summed E-state index contributed by atoms with van der Waals surface area (Å²) in [6.07, 6.45) is 8.04. The van der Waals surface area contributed by atoms with Gasteiger partial charge in [-0.2, -0.15) is 0 Å². The number of benzene rings is 1. The highest BCUT2D eigenvalue weighted by Gasteiger charge is 2.16. The Morgan fingerprint density at radius 1 is 1.15 bits per heavy atom. The molecular weight excluding hydrogens is 250 g/mol. The normalized spacial score (nSPS) is 16.4. The van der Waals surface area contributed by atoms with E-state index in [1.807, 2.05) is 6.07 Å². The van der Waals surface area contributed by atoms with Crippen LogP contribution in [0.4, 0.5) is 5.69 Å². The molecule has 1 aromatic carbocycles. The van der Waals surface area contributed by atoms with Crippen LogP contribution in [0.3, 0.4) is 0 Å². The van der Waals surface area contributed by atoms with Gasteiger partial charge in [0.05, 0.1) is 0 Å². The number of amides is 1. The molecule has 0 bridgehead atoms. The summed E-state index contributed by atoms with van der Waals surface area (Å²) < 4.78 is 0. The maximum absolute atomic E-state index is 12.1. The number of anilines is 1. The molecule has 0 heterocycles. The molecule has 0 saturated heterocycles. The smallest absolute Gasteiger partial charge is 0.224 e. The van der Waals surface area contributed by atoms with Gasteiger partial charge in [-0.25, -0.2) is 0 Å². The third-order valence-corrected chi connectivity index (χ3v) is 4.00. The second-order valence-electron chi connectivity index (χ2n) is 5.75. The summed E-state index contributed by atoms with van der Waals surface area (Å²) in [7, 11) is 0. The van der Waals surface area contributed by atoms with Crippen molar-refractivity contribution >= 4 is 17.4 Å². The van der Waals surface area contributed by atoms with Crippen LogP contribution in [0, 0.1) is 5.92 Å². The Labute approximate surface area is 120 Å². The third kappa shape index (κ3) is 4.48. The van der Waals surface area contributed by atoms with Crippen molar-refractivity contribution in [1.82, 2.24) is 0 Å².